The van der Waals surface area contributed by atoms with Gasteiger partial charge in [-0.25, -0.2) is 4.39 Å². The Morgan fingerprint density at radius 1 is 1.10 bits per heavy atom. The molecule has 0 bridgehead atoms. The van der Waals surface area contributed by atoms with Gasteiger partial charge in [-0.3, -0.25) is 5.10 Å². The number of halogens is 1. The molecule has 1 aliphatic rings. The van der Waals surface area contributed by atoms with Crippen LogP contribution in [0, 0.1) is 17.1 Å². The number of nitrogens with one attached hydrogen (secondary N) is 1. The van der Waals surface area contributed by atoms with Crippen LogP contribution in [0.2, 0.25) is 0 Å². The Morgan fingerprint density at radius 3 is 2.34 bits per heavy atom. The van der Waals surface area contributed by atoms with Gasteiger partial charge in [-0.15, -0.1) is 5.10 Å². The van der Waals surface area contributed by atoms with E-state index in [1.54, 1.807) is 12.1 Å². The number of ether oxygens (including phenoxy) is 1. The van der Waals surface area contributed by atoms with Crippen LogP contribution >= 0.6 is 0 Å². The summed E-state index contributed by atoms with van der Waals surface area (Å²) in [6.07, 6.45) is 0. The molecule has 1 unspecified atom stereocenters. The first kappa shape index (κ1) is 18.8. The van der Waals surface area contributed by atoms with E-state index in [1.807, 2.05) is 12.1 Å². The van der Waals surface area contributed by atoms with Gasteiger partial charge in [-0.05, 0) is 40.8 Å². The van der Waals surface area contributed by atoms with Crippen LogP contribution in [0.4, 0.5) is 4.39 Å². The van der Waals surface area contributed by atoms with E-state index >= 15 is 0 Å². The van der Waals surface area contributed by atoms with Gasteiger partial charge in [0.2, 0.25) is 11.8 Å². The number of hydrogen-bond donors (Lipinski definition) is 2. The third kappa shape index (κ3) is 3.25. The van der Waals surface area contributed by atoms with E-state index in [9.17, 15) is 9.65 Å². The lowest BCUT2D eigenvalue weighted by molar-refractivity contribution is 0.379. The molecule has 1 aromatic heterocycles. The Bertz CT molecular complexity index is 1130. The normalized spacial score (nSPS) is 16.2. The fourth-order valence-corrected chi connectivity index (χ4v) is 3.59. The third-order valence-corrected chi connectivity index (χ3v) is 5.18. The number of benzene rings is 2. The molecule has 0 saturated heterocycles. The lowest BCUT2D eigenvalue weighted by atomic mass is 9.81. The van der Waals surface area contributed by atoms with Crippen LogP contribution in [0.1, 0.15) is 43.4 Å². The summed E-state index contributed by atoms with van der Waals surface area (Å²) in [6, 6.07) is 16.4. The minimum absolute atomic E-state index is 0.0151. The van der Waals surface area contributed by atoms with Crippen LogP contribution in [-0.2, 0) is 5.41 Å². The summed E-state index contributed by atoms with van der Waals surface area (Å²) in [5.74, 6) is -0.390. The monoisotopic (exact) mass is 388 g/mol. The van der Waals surface area contributed by atoms with Crippen molar-refractivity contribution in [3.05, 3.63) is 82.5 Å². The van der Waals surface area contributed by atoms with Gasteiger partial charge >= 0.3 is 0 Å². The average Bonchev–Trinajstić information content (AvgIpc) is 3.10. The molecule has 3 aromatic rings. The van der Waals surface area contributed by atoms with Crippen LogP contribution in [0.3, 0.4) is 0 Å². The molecule has 0 saturated carbocycles. The molecular formula is C23H21FN4O. The van der Waals surface area contributed by atoms with Crippen LogP contribution < -0.4 is 10.5 Å². The molecular weight excluding hydrogens is 367 g/mol. The number of allylic oxidation sites excluding steroid dienone is 1. The highest BCUT2D eigenvalue weighted by Gasteiger charge is 2.35. The number of hydrogen-bond acceptors (Lipinski definition) is 4. The second kappa shape index (κ2) is 6.78. The summed E-state index contributed by atoms with van der Waals surface area (Å²) in [7, 11) is 0. The minimum Gasteiger partial charge on any atom is -0.420 e. The summed E-state index contributed by atoms with van der Waals surface area (Å²) in [5, 5.41) is 17.0. The molecule has 0 amide bonds. The third-order valence-electron chi connectivity index (χ3n) is 5.18. The van der Waals surface area contributed by atoms with Crippen molar-refractivity contribution < 1.29 is 9.13 Å². The molecule has 1 aliphatic heterocycles. The maximum atomic E-state index is 13.4. The molecule has 0 radical (unpaired) electrons. The molecule has 29 heavy (non-hydrogen) atoms. The fourth-order valence-electron chi connectivity index (χ4n) is 3.59. The lowest BCUT2D eigenvalue weighted by Crippen LogP contribution is -2.21. The van der Waals surface area contributed by atoms with Gasteiger partial charge in [0.25, 0.3) is 0 Å². The van der Waals surface area contributed by atoms with Gasteiger partial charge in [-0.1, -0.05) is 45.0 Å². The van der Waals surface area contributed by atoms with Crippen molar-refractivity contribution in [2.24, 2.45) is 5.73 Å². The van der Waals surface area contributed by atoms with E-state index in [4.69, 9.17) is 10.5 Å². The highest BCUT2D eigenvalue weighted by molar-refractivity contribution is 5.70. The van der Waals surface area contributed by atoms with Crippen molar-refractivity contribution >= 4 is 0 Å². The Morgan fingerprint density at radius 2 is 1.76 bits per heavy atom. The highest BCUT2D eigenvalue weighted by Crippen LogP contribution is 2.45. The maximum Gasteiger partial charge on any atom is 0.244 e. The van der Waals surface area contributed by atoms with E-state index in [1.165, 1.54) is 17.7 Å². The maximum absolute atomic E-state index is 13.4. The fraction of sp³-hybridized carbons (Fsp3) is 0.217. The molecule has 2 heterocycles. The number of aromatic amines is 1. The zero-order valence-electron chi connectivity index (χ0n) is 16.5. The highest BCUT2D eigenvalue weighted by atomic mass is 19.1. The van der Waals surface area contributed by atoms with Crippen molar-refractivity contribution in [2.75, 3.05) is 0 Å². The van der Waals surface area contributed by atoms with E-state index < -0.39 is 5.92 Å². The first-order valence-electron chi connectivity index (χ1n) is 9.32. The number of fused-ring (bicyclic) bond motifs is 1. The minimum atomic E-state index is -0.434. The molecule has 0 aliphatic carbocycles. The van der Waals surface area contributed by atoms with E-state index in [-0.39, 0.29) is 17.1 Å². The number of nitrogens with zero attached hydrogens (tertiary/aromatic N) is 2. The molecule has 3 N–H and O–H groups in total. The van der Waals surface area contributed by atoms with Gasteiger partial charge < -0.3 is 10.5 Å². The standard InChI is InChI=1S/C23H21FN4O/c1-23(2,3)15-8-4-13(5-9-15)18-17(12-25)21(26)29-22-19(18)20(27-28-22)14-6-10-16(24)11-7-14/h4-11,18H,26H2,1-3H3,(H,27,28). The average molecular weight is 388 g/mol. The zero-order valence-corrected chi connectivity index (χ0v) is 16.5. The van der Waals surface area contributed by atoms with Crippen LogP contribution in [0.15, 0.2) is 60.0 Å². The van der Waals surface area contributed by atoms with E-state index in [2.05, 4.69) is 49.2 Å². The summed E-state index contributed by atoms with van der Waals surface area (Å²) < 4.78 is 19.0. The van der Waals surface area contributed by atoms with E-state index in [0.29, 0.717) is 22.7 Å². The quantitative estimate of drug-likeness (QED) is 0.664. The summed E-state index contributed by atoms with van der Waals surface area (Å²) >= 11 is 0. The van der Waals surface area contributed by atoms with Gasteiger partial charge in [0.15, 0.2) is 0 Å². The smallest absolute Gasteiger partial charge is 0.244 e. The van der Waals surface area contributed by atoms with Crippen LogP contribution in [-0.4, -0.2) is 10.2 Å². The molecule has 4 rings (SSSR count). The van der Waals surface area contributed by atoms with Crippen molar-refractivity contribution in [1.82, 2.24) is 10.2 Å². The Hall–Kier alpha value is -3.59. The van der Waals surface area contributed by atoms with Crippen LogP contribution in [0.25, 0.3) is 11.3 Å². The number of H-pyrrole nitrogens is 1. The molecule has 5 nitrogen and oxygen atoms in total. The Labute approximate surface area is 168 Å². The molecule has 1 atom stereocenters. The predicted octanol–water partition coefficient (Wildman–Crippen LogP) is 4.73. The Balaban J connectivity index is 1.88. The van der Waals surface area contributed by atoms with Crippen molar-refractivity contribution in [1.29, 1.82) is 5.26 Å². The SMILES string of the molecule is CC(C)(C)c1ccc(C2C(C#N)=C(N)Oc3n[nH]c(-c4ccc(F)cc4)c32)cc1. The molecule has 0 spiro atoms. The summed E-state index contributed by atoms with van der Waals surface area (Å²) in [6.45, 7) is 6.45. The zero-order chi connectivity index (χ0) is 20.8. The summed E-state index contributed by atoms with van der Waals surface area (Å²) in [5.41, 5.74) is 10.6. The Kier molecular flexibility index (Phi) is 4.39. The summed E-state index contributed by atoms with van der Waals surface area (Å²) in [4.78, 5) is 0. The molecule has 146 valence electrons. The first-order chi connectivity index (χ1) is 13.8. The largest absolute Gasteiger partial charge is 0.420 e. The van der Waals surface area contributed by atoms with Gasteiger partial charge in [-0.2, -0.15) is 5.26 Å². The first-order valence-corrected chi connectivity index (χ1v) is 9.32. The number of nitriles is 1. The van der Waals surface area contributed by atoms with Gasteiger partial charge in [0.05, 0.1) is 17.2 Å². The molecule has 0 fully saturated rings. The van der Waals surface area contributed by atoms with E-state index in [0.717, 1.165) is 11.1 Å². The van der Waals surface area contributed by atoms with Crippen molar-refractivity contribution in [2.45, 2.75) is 32.1 Å². The molecule has 6 heteroatoms. The second-order valence-corrected chi connectivity index (χ2v) is 8.12. The van der Waals surface area contributed by atoms with Crippen molar-refractivity contribution in [3.63, 3.8) is 0 Å². The predicted molar refractivity (Wildman–Crippen MR) is 108 cm³/mol. The van der Waals surface area contributed by atoms with Gasteiger partial charge in [0, 0.05) is 5.56 Å². The lowest BCUT2D eigenvalue weighted by Gasteiger charge is -2.25. The second-order valence-electron chi connectivity index (χ2n) is 8.12. The number of aromatic nitrogens is 2. The van der Waals surface area contributed by atoms with Crippen molar-refractivity contribution in [3.8, 4) is 23.2 Å². The number of rotatable bonds is 2. The topological polar surface area (TPSA) is 87.7 Å². The molecule has 2 aromatic carbocycles. The number of nitrogens with two attached hydrogens (primary N) is 1. The van der Waals surface area contributed by atoms with Gasteiger partial charge in [0.1, 0.15) is 17.5 Å². The van der Waals surface area contributed by atoms with Crippen LogP contribution in [0.5, 0.6) is 5.88 Å².